The van der Waals surface area contributed by atoms with Gasteiger partial charge in [0.2, 0.25) is 0 Å². The summed E-state index contributed by atoms with van der Waals surface area (Å²) < 4.78 is 5.14. The number of allylic oxidation sites excluding steroid dienone is 2. The lowest BCUT2D eigenvalue weighted by Gasteiger charge is -2.37. The van der Waals surface area contributed by atoms with E-state index < -0.39 is 11.8 Å². The second-order valence-electron chi connectivity index (χ2n) is 4.57. The van der Waals surface area contributed by atoms with Gasteiger partial charge < -0.3 is 10.5 Å². The summed E-state index contributed by atoms with van der Waals surface area (Å²) in [6.45, 7) is 2.67. The zero-order valence-corrected chi connectivity index (χ0v) is 12.0. The SMILES string of the molecule is CC1(OC(=O)/N=C/C=C(N)/C=C/c2cccs2)CCN1. The number of hydrogen-bond acceptors (Lipinski definition) is 5. The van der Waals surface area contributed by atoms with E-state index in [-0.39, 0.29) is 0 Å². The maximum Gasteiger partial charge on any atom is 0.435 e. The van der Waals surface area contributed by atoms with Gasteiger partial charge in [-0.1, -0.05) is 6.07 Å². The molecule has 1 aliphatic heterocycles. The molecule has 20 heavy (non-hydrogen) atoms. The molecule has 0 bridgehead atoms. The van der Waals surface area contributed by atoms with Crippen LogP contribution in [-0.2, 0) is 4.74 Å². The van der Waals surface area contributed by atoms with E-state index in [4.69, 9.17) is 10.5 Å². The molecular weight excluding hydrogens is 274 g/mol. The van der Waals surface area contributed by atoms with Crippen molar-refractivity contribution in [2.75, 3.05) is 6.54 Å². The summed E-state index contributed by atoms with van der Waals surface area (Å²) in [5.74, 6) is 0. The number of hydrogen-bond donors (Lipinski definition) is 2. The number of nitrogens with one attached hydrogen (secondary N) is 1. The molecule has 3 N–H and O–H groups in total. The number of carbonyl (C=O) groups excluding carboxylic acids is 1. The van der Waals surface area contributed by atoms with Crippen LogP contribution in [0.1, 0.15) is 18.2 Å². The summed E-state index contributed by atoms with van der Waals surface area (Å²) in [4.78, 5) is 16.2. The highest BCUT2D eigenvalue weighted by Gasteiger charge is 2.34. The summed E-state index contributed by atoms with van der Waals surface area (Å²) >= 11 is 1.62. The van der Waals surface area contributed by atoms with Gasteiger partial charge in [0, 0.05) is 29.8 Å². The van der Waals surface area contributed by atoms with Gasteiger partial charge in [-0.15, -0.1) is 11.3 Å². The van der Waals surface area contributed by atoms with E-state index >= 15 is 0 Å². The van der Waals surface area contributed by atoms with Crippen LogP contribution in [0.3, 0.4) is 0 Å². The number of rotatable bonds is 4. The van der Waals surface area contributed by atoms with E-state index in [0.29, 0.717) is 5.70 Å². The minimum Gasteiger partial charge on any atom is -0.426 e. The van der Waals surface area contributed by atoms with Gasteiger partial charge in [0.25, 0.3) is 0 Å². The molecule has 1 atom stereocenters. The van der Waals surface area contributed by atoms with Crippen molar-refractivity contribution in [1.82, 2.24) is 5.32 Å². The molecule has 1 fully saturated rings. The normalized spacial score (nSPS) is 23.1. The predicted octanol–water partition coefficient (Wildman–Crippen LogP) is 2.52. The molecule has 106 valence electrons. The van der Waals surface area contributed by atoms with Crippen molar-refractivity contribution in [3.05, 3.63) is 40.2 Å². The van der Waals surface area contributed by atoms with Crippen LogP contribution >= 0.6 is 11.3 Å². The van der Waals surface area contributed by atoms with Gasteiger partial charge >= 0.3 is 6.09 Å². The molecule has 0 aliphatic carbocycles. The van der Waals surface area contributed by atoms with E-state index in [9.17, 15) is 4.79 Å². The Morgan fingerprint density at radius 1 is 1.65 bits per heavy atom. The van der Waals surface area contributed by atoms with Crippen molar-refractivity contribution >= 4 is 29.7 Å². The highest BCUT2D eigenvalue weighted by molar-refractivity contribution is 7.10. The first kappa shape index (κ1) is 14.5. The average Bonchev–Trinajstić information content (AvgIpc) is 2.87. The topological polar surface area (TPSA) is 76.7 Å². The number of ether oxygens (including phenoxy) is 1. The Balaban J connectivity index is 1.81. The molecule has 1 aliphatic rings. The molecule has 0 radical (unpaired) electrons. The first-order valence-corrected chi connectivity index (χ1v) is 7.15. The Labute approximate surface area is 121 Å². The number of thiophene rings is 1. The number of carbonyl (C=O) groups is 1. The van der Waals surface area contributed by atoms with Crippen LogP contribution < -0.4 is 11.1 Å². The van der Waals surface area contributed by atoms with Crippen molar-refractivity contribution in [3.8, 4) is 0 Å². The molecule has 1 saturated heterocycles. The van der Waals surface area contributed by atoms with Gasteiger partial charge in [-0.05, 0) is 36.6 Å². The summed E-state index contributed by atoms with van der Waals surface area (Å²) in [6.07, 6.45) is 6.75. The lowest BCUT2D eigenvalue weighted by molar-refractivity contribution is -0.0460. The van der Waals surface area contributed by atoms with E-state index in [1.54, 1.807) is 23.5 Å². The van der Waals surface area contributed by atoms with E-state index in [1.165, 1.54) is 6.21 Å². The maximum absolute atomic E-state index is 11.4. The van der Waals surface area contributed by atoms with Crippen LogP contribution in [0.15, 0.2) is 40.4 Å². The van der Waals surface area contributed by atoms with Crippen LogP contribution in [0, 0.1) is 0 Å². The van der Waals surface area contributed by atoms with Gasteiger partial charge in [-0.2, -0.15) is 4.99 Å². The molecule has 0 aromatic carbocycles. The van der Waals surface area contributed by atoms with Crippen LogP contribution in [0.2, 0.25) is 0 Å². The largest absolute Gasteiger partial charge is 0.435 e. The van der Waals surface area contributed by atoms with Gasteiger partial charge in [0.1, 0.15) is 0 Å². The van der Waals surface area contributed by atoms with Crippen molar-refractivity contribution < 1.29 is 9.53 Å². The fourth-order valence-corrected chi connectivity index (χ4v) is 2.21. The Morgan fingerprint density at radius 3 is 3.05 bits per heavy atom. The van der Waals surface area contributed by atoms with Gasteiger partial charge in [-0.3, -0.25) is 5.32 Å². The highest BCUT2D eigenvalue weighted by atomic mass is 32.1. The third kappa shape index (κ3) is 4.32. The average molecular weight is 291 g/mol. The van der Waals surface area contributed by atoms with E-state index in [1.807, 2.05) is 30.5 Å². The minimum atomic E-state index is -0.619. The summed E-state index contributed by atoms with van der Waals surface area (Å²) in [6, 6.07) is 3.96. The Hall–Kier alpha value is -1.92. The molecule has 1 aromatic heterocycles. The molecule has 1 unspecified atom stereocenters. The van der Waals surface area contributed by atoms with Crippen LogP contribution in [0.4, 0.5) is 4.79 Å². The van der Waals surface area contributed by atoms with Crippen molar-refractivity contribution in [2.24, 2.45) is 10.7 Å². The fourth-order valence-electron chi connectivity index (χ4n) is 1.59. The third-order valence-corrected chi connectivity index (χ3v) is 3.68. The van der Waals surface area contributed by atoms with Crippen LogP contribution in [-0.4, -0.2) is 24.6 Å². The zero-order valence-electron chi connectivity index (χ0n) is 11.2. The van der Waals surface area contributed by atoms with Gasteiger partial charge in [-0.25, -0.2) is 4.79 Å². The Bertz CT molecular complexity index is 543. The minimum absolute atomic E-state index is 0.517. The zero-order chi connectivity index (χ0) is 14.4. The van der Waals surface area contributed by atoms with Crippen LogP contribution in [0.5, 0.6) is 0 Å². The number of aliphatic imine (C=N–C) groups is 1. The third-order valence-electron chi connectivity index (χ3n) is 2.84. The molecular formula is C14H17N3O2S. The van der Waals surface area contributed by atoms with Gasteiger partial charge in [0.05, 0.1) is 0 Å². The van der Waals surface area contributed by atoms with Gasteiger partial charge in [0.15, 0.2) is 5.72 Å². The quantitative estimate of drug-likeness (QED) is 0.660. The Kier molecular flexibility index (Phi) is 4.70. The Morgan fingerprint density at radius 2 is 2.45 bits per heavy atom. The maximum atomic E-state index is 11.4. The smallest absolute Gasteiger partial charge is 0.426 e. The predicted molar refractivity (Wildman–Crippen MR) is 81.6 cm³/mol. The molecule has 2 rings (SSSR count). The number of nitrogens with two attached hydrogens (primary N) is 1. The molecule has 0 spiro atoms. The molecule has 2 heterocycles. The monoisotopic (exact) mass is 291 g/mol. The standard InChI is InChI=1S/C14H17N3O2S/c1-14(7-9-17-14)19-13(18)16-8-6-11(15)4-5-12-3-2-10-20-12/h2-6,8,10,17H,7,9,15H2,1H3/b5-4+,11-6-,16-8+. The molecule has 6 heteroatoms. The molecule has 1 amide bonds. The summed E-state index contributed by atoms with van der Waals surface area (Å²) in [5, 5.41) is 5.01. The van der Waals surface area contributed by atoms with Crippen molar-refractivity contribution in [1.29, 1.82) is 0 Å². The van der Waals surface area contributed by atoms with Crippen LogP contribution in [0.25, 0.3) is 6.08 Å². The summed E-state index contributed by atoms with van der Waals surface area (Å²) in [5.41, 5.74) is 5.71. The lowest BCUT2D eigenvalue weighted by atomic mass is 10.1. The highest BCUT2D eigenvalue weighted by Crippen LogP contribution is 2.19. The van der Waals surface area contributed by atoms with E-state index in [0.717, 1.165) is 17.8 Å². The molecule has 5 nitrogen and oxygen atoms in total. The van der Waals surface area contributed by atoms with Crippen molar-refractivity contribution in [2.45, 2.75) is 19.1 Å². The lowest BCUT2D eigenvalue weighted by Crippen LogP contribution is -2.57. The van der Waals surface area contributed by atoms with Crippen molar-refractivity contribution in [3.63, 3.8) is 0 Å². The second kappa shape index (κ2) is 6.49. The molecule has 1 aromatic rings. The van der Waals surface area contributed by atoms with E-state index in [2.05, 4.69) is 10.3 Å². The number of nitrogens with zero attached hydrogens (tertiary/aromatic N) is 1. The first-order valence-electron chi connectivity index (χ1n) is 6.27. The number of amides is 1. The fraction of sp³-hybridized carbons (Fsp3) is 0.286. The summed E-state index contributed by atoms with van der Waals surface area (Å²) in [7, 11) is 0. The first-order chi connectivity index (χ1) is 9.57. The molecule has 0 saturated carbocycles. The second-order valence-corrected chi connectivity index (χ2v) is 5.55.